The Balaban J connectivity index is 1.95. The number of hydrogen-bond acceptors (Lipinski definition) is 3. The highest BCUT2D eigenvalue weighted by Gasteiger charge is 2.06. The lowest BCUT2D eigenvalue weighted by atomic mass is 10.0. The topological polar surface area (TPSA) is 46.5 Å². The van der Waals surface area contributed by atoms with E-state index in [9.17, 15) is 9.90 Å². The third-order valence-electron chi connectivity index (χ3n) is 7.28. The summed E-state index contributed by atoms with van der Waals surface area (Å²) in [5.74, 6) is 0.560. The Morgan fingerprint density at radius 3 is 1.61 bits per heavy atom. The molecule has 0 aliphatic carbocycles. The maximum absolute atomic E-state index is 12.1. The van der Waals surface area contributed by atoms with Gasteiger partial charge in [0.2, 0.25) is 0 Å². The van der Waals surface area contributed by atoms with Crippen molar-refractivity contribution in [1.82, 2.24) is 0 Å². The smallest absolute Gasteiger partial charge is 0.311 e. The molecule has 0 saturated heterocycles. The second kappa shape index (κ2) is 24.0. The van der Waals surface area contributed by atoms with Gasteiger partial charge in [-0.15, -0.1) is 0 Å². The Morgan fingerprint density at radius 1 is 0.639 bits per heavy atom. The summed E-state index contributed by atoms with van der Waals surface area (Å²) in [5.41, 5.74) is 1.33. The predicted octanol–water partition coefficient (Wildman–Crippen LogP) is 10.1. The fourth-order valence-electron chi connectivity index (χ4n) is 4.85. The van der Waals surface area contributed by atoms with E-state index in [4.69, 9.17) is 4.74 Å². The van der Waals surface area contributed by atoms with E-state index in [2.05, 4.69) is 26.0 Å². The lowest BCUT2D eigenvalue weighted by Gasteiger charge is -2.10. The van der Waals surface area contributed by atoms with Crippen LogP contribution in [0.25, 0.3) is 0 Å². The molecule has 1 rings (SSSR count). The lowest BCUT2D eigenvalue weighted by molar-refractivity contribution is -0.134. The molecule has 1 atom stereocenters. The van der Waals surface area contributed by atoms with Gasteiger partial charge in [-0.3, -0.25) is 4.79 Å². The average molecular weight is 503 g/mol. The third-order valence-corrected chi connectivity index (χ3v) is 7.28. The number of hydrogen-bond donors (Lipinski definition) is 1. The summed E-state index contributed by atoms with van der Waals surface area (Å²) in [6.07, 6.45) is 27.1. The van der Waals surface area contributed by atoms with Crippen molar-refractivity contribution in [3.63, 3.8) is 0 Å². The van der Waals surface area contributed by atoms with Gasteiger partial charge in [0.25, 0.3) is 0 Å². The first kappa shape index (κ1) is 32.7. The highest BCUT2D eigenvalue weighted by atomic mass is 16.5. The van der Waals surface area contributed by atoms with Crippen LogP contribution in [0.15, 0.2) is 24.3 Å². The van der Waals surface area contributed by atoms with Crippen LogP contribution in [0.5, 0.6) is 5.75 Å². The minimum atomic E-state index is -0.112. The highest BCUT2D eigenvalue weighted by molar-refractivity contribution is 5.72. The molecule has 0 saturated carbocycles. The number of aliphatic hydroxyl groups excluding tert-OH is 1. The van der Waals surface area contributed by atoms with E-state index >= 15 is 0 Å². The third kappa shape index (κ3) is 19.8. The summed E-state index contributed by atoms with van der Waals surface area (Å²) in [6.45, 7) is 4.50. The van der Waals surface area contributed by atoms with Crippen LogP contribution in [-0.4, -0.2) is 17.2 Å². The zero-order valence-corrected chi connectivity index (χ0v) is 23.9. The summed E-state index contributed by atoms with van der Waals surface area (Å²) in [6, 6.07) is 8.09. The van der Waals surface area contributed by atoms with Crippen molar-refractivity contribution in [2.75, 3.05) is 0 Å². The predicted molar refractivity (Wildman–Crippen MR) is 155 cm³/mol. The standard InChI is InChI=1S/C33H58O3/c1-3-5-7-9-11-15-18-22-30-26-28-32(29-27-30)36-33(35)25-21-17-13-10-12-16-20-24-31(34)23-19-14-8-6-4-2/h26-29,31,34H,3-25H2,1-2H3. The van der Waals surface area contributed by atoms with E-state index in [1.807, 2.05) is 12.1 Å². The van der Waals surface area contributed by atoms with Gasteiger partial charge in [0.1, 0.15) is 5.75 Å². The maximum Gasteiger partial charge on any atom is 0.311 e. The second-order valence-electron chi connectivity index (χ2n) is 10.9. The Labute approximate surface area is 223 Å². The molecule has 208 valence electrons. The summed E-state index contributed by atoms with van der Waals surface area (Å²) >= 11 is 0. The van der Waals surface area contributed by atoms with Crippen LogP contribution in [0, 0.1) is 0 Å². The Hall–Kier alpha value is -1.35. The first-order valence-corrected chi connectivity index (χ1v) is 15.6. The van der Waals surface area contributed by atoms with Crippen LogP contribution in [0.2, 0.25) is 0 Å². The van der Waals surface area contributed by atoms with Crippen LogP contribution in [0.3, 0.4) is 0 Å². The van der Waals surface area contributed by atoms with Crippen molar-refractivity contribution in [3.8, 4) is 5.75 Å². The number of carbonyl (C=O) groups excluding carboxylic acids is 1. The quantitative estimate of drug-likeness (QED) is 0.0821. The number of esters is 1. The molecule has 0 fully saturated rings. The first-order chi connectivity index (χ1) is 17.7. The Morgan fingerprint density at radius 2 is 1.08 bits per heavy atom. The molecule has 0 aliphatic rings. The summed E-state index contributed by atoms with van der Waals surface area (Å²) in [7, 11) is 0. The number of rotatable bonds is 25. The summed E-state index contributed by atoms with van der Waals surface area (Å²) in [5, 5.41) is 10.1. The first-order valence-electron chi connectivity index (χ1n) is 15.6. The minimum Gasteiger partial charge on any atom is -0.427 e. The minimum absolute atomic E-state index is 0.0982. The maximum atomic E-state index is 12.1. The van der Waals surface area contributed by atoms with Gasteiger partial charge < -0.3 is 9.84 Å². The van der Waals surface area contributed by atoms with Gasteiger partial charge in [-0.05, 0) is 49.8 Å². The van der Waals surface area contributed by atoms with Crippen molar-refractivity contribution in [2.45, 2.75) is 168 Å². The van der Waals surface area contributed by atoms with Crippen LogP contribution < -0.4 is 4.74 Å². The number of unbranched alkanes of at least 4 members (excludes halogenated alkanes) is 16. The Kier molecular flexibility index (Phi) is 21.8. The van der Waals surface area contributed by atoms with Gasteiger partial charge in [0.05, 0.1) is 6.10 Å². The van der Waals surface area contributed by atoms with E-state index in [-0.39, 0.29) is 12.1 Å². The van der Waals surface area contributed by atoms with Crippen molar-refractivity contribution < 1.29 is 14.6 Å². The van der Waals surface area contributed by atoms with Crippen molar-refractivity contribution >= 4 is 5.97 Å². The van der Waals surface area contributed by atoms with Crippen LogP contribution in [-0.2, 0) is 11.2 Å². The van der Waals surface area contributed by atoms with Gasteiger partial charge in [-0.2, -0.15) is 0 Å². The molecule has 1 unspecified atom stereocenters. The van der Waals surface area contributed by atoms with E-state index in [0.29, 0.717) is 12.2 Å². The second-order valence-corrected chi connectivity index (χ2v) is 10.9. The van der Waals surface area contributed by atoms with E-state index in [1.165, 1.54) is 108 Å². The fourth-order valence-corrected chi connectivity index (χ4v) is 4.85. The molecule has 0 aliphatic heterocycles. The van der Waals surface area contributed by atoms with Gasteiger partial charge in [-0.1, -0.05) is 135 Å². The molecule has 0 radical (unpaired) electrons. The van der Waals surface area contributed by atoms with E-state index in [0.717, 1.165) is 38.5 Å². The molecule has 36 heavy (non-hydrogen) atoms. The molecule has 0 aromatic heterocycles. The normalized spacial score (nSPS) is 12.1. The number of ether oxygens (including phenoxy) is 1. The van der Waals surface area contributed by atoms with E-state index < -0.39 is 0 Å². The molecule has 0 bridgehead atoms. The van der Waals surface area contributed by atoms with Crippen molar-refractivity contribution in [2.24, 2.45) is 0 Å². The zero-order chi connectivity index (χ0) is 26.1. The fraction of sp³-hybridized carbons (Fsp3) is 0.788. The number of benzene rings is 1. The molecule has 3 nitrogen and oxygen atoms in total. The van der Waals surface area contributed by atoms with Gasteiger partial charge >= 0.3 is 5.97 Å². The highest BCUT2D eigenvalue weighted by Crippen LogP contribution is 2.17. The molecular formula is C33H58O3. The Bertz CT molecular complexity index is 610. The molecule has 1 N–H and O–H groups in total. The molecule has 1 aromatic carbocycles. The molecule has 0 amide bonds. The lowest BCUT2D eigenvalue weighted by Crippen LogP contribution is -2.07. The molecule has 1 aromatic rings. The monoisotopic (exact) mass is 502 g/mol. The van der Waals surface area contributed by atoms with E-state index in [1.54, 1.807) is 0 Å². The van der Waals surface area contributed by atoms with Gasteiger partial charge in [0, 0.05) is 6.42 Å². The summed E-state index contributed by atoms with van der Waals surface area (Å²) < 4.78 is 5.52. The number of carbonyl (C=O) groups is 1. The average Bonchev–Trinajstić information content (AvgIpc) is 2.88. The zero-order valence-electron chi connectivity index (χ0n) is 23.9. The molecule has 0 spiro atoms. The number of aliphatic hydroxyl groups is 1. The van der Waals surface area contributed by atoms with Crippen LogP contribution in [0.1, 0.15) is 161 Å². The molecule has 0 heterocycles. The van der Waals surface area contributed by atoms with Crippen molar-refractivity contribution in [3.05, 3.63) is 29.8 Å². The number of aryl methyl sites for hydroxylation is 1. The van der Waals surface area contributed by atoms with Crippen LogP contribution >= 0.6 is 0 Å². The van der Waals surface area contributed by atoms with Crippen molar-refractivity contribution in [1.29, 1.82) is 0 Å². The molecular weight excluding hydrogens is 444 g/mol. The van der Waals surface area contributed by atoms with Gasteiger partial charge in [-0.25, -0.2) is 0 Å². The van der Waals surface area contributed by atoms with Crippen LogP contribution in [0.4, 0.5) is 0 Å². The largest absolute Gasteiger partial charge is 0.427 e. The summed E-state index contributed by atoms with van der Waals surface area (Å²) in [4.78, 5) is 12.1. The molecule has 3 heteroatoms. The van der Waals surface area contributed by atoms with Gasteiger partial charge in [0.15, 0.2) is 0 Å². The SMILES string of the molecule is CCCCCCCCCc1ccc(OC(=O)CCCCCCCCCC(O)CCCCCCC)cc1.